The zero-order valence-corrected chi connectivity index (χ0v) is 10.1. The molecule has 0 spiro atoms. The Hall–Kier alpha value is -1.10. The number of carboxylic acids is 1. The molecule has 0 aliphatic rings. The second kappa shape index (κ2) is 7.22. The van der Waals surface area contributed by atoms with Gasteiger partial charge in [0.1, 0.15) is 0 Å². The molecule has 2 atom stereocenters. The number of nitrogens with one attached hydrogen (secondary N) is 1. The number of aliphatic hydroxyl groups is 1. The summed E-state index contributed by atoms with van der Waals surface area (Å²) in [5.74, 6) is -1.14. The fourth-order valence-corrected chi connectivity index (χ4v) is 1.38. The molecule has 0 saturated carbocycles. The summed E-state index contributed by atoms with van der Waals surface area (Å²) < 4.78 is 0. The van der Waals surface area contributed by atoms with E-state index in [1.807, 2.05) is 13.8 Å². The van der Waals surface area contributed by atoms with Crippen LogP contribution in [0, 0.1) is 11.8 Å². The first-order valence-electron chi connectivity index (χ1n) is 5.48. The third-order valence-corrected chi connectivity index (χ3v) is 2.40. The average molecular weight is 231 g/mol. The number of hydrogen-bond donors (Lipinski definition) is 3. The van der Waals surface area contributed by atoms with Crippen LogP contribution in [0.5, 0.6) is 0 Å². The lowest BCUT2D eigenvalue weighted by Gasteiger charge is -2.20. The largest absolute Gasteiger partial charge is 0.481 e. The highest BCUT2D eigenvalue weighted by molar-refractivity contribution is 5.77. The monoisotopic (exact) mass is 231 g/mol. The van der Waals surface area contributed by atoms with Crippen molar-refractivity contribution in [2.24, 2.45) is 11.8 Å². The van der Waals surface area contributed by atoms with Crippen LogP contribution in [0.2, 0.25) is 0 Å². The molecular formula is C11H21NO4. The summed E-state index contributed by atoms with van der Waals surface area (Å²) in [5.41, 5.74) is 0. The number of carbonyl (C=O) groups excluding carboxylic acids is 1. The van der Waals surface area contributed by atoms with Crippen molar-refractivity contribution in [1.82, 2.24) is 5.32 Å². The minimum absolute atomic E-state index is 0.0150. The van der Waals surface area contributed by atoms with E-state index in [1.54, 1.807) is 6.92 Å². The molecule has 0 aliphatic heterocycles. The topological polar surface area (TPSA) is 86.6 Å². The molecule has 94 valence electrons. The average Bonchev–Trinajstić information content (AvgIpc) is 2.11. The van der Waals surface area contributed by atoms with Crippen LogP contribution in [0.3, 0.4) is 0 Å². The van der Waals surface area contributed by atoms with Crippen LogP contribution in [-0.4, -0.2) is 34.7 Å². The third-order valence-electron chi connectivity index (χ3n) is 2.40. The lowest BCUT2D eigenvalue weighted by molar-refractivity contribution is -0.138. The van der Waals surface area contributed by atoms with Crippen LogP contribution in [0.25, 0.3) is 0 Å². The van der Waals surface area contributed by atoms with Crippen LogP contribution in [0.1, 0.15) is 33.6 Å². The van der Waals surface area contributed by atoms with Crippen molar-refractivity contribution in [1.29, 1.82) is 0 Å². The van der Waals surface area contributed by atoms with E-state index in [9.17, 15) is 9.59 Å². The molecule has 1 amide bonds. The van der Waals surface area contributed by atoms with Crippen LogP contribution < -0.4 is 5.32 Å². The SMILES string of the molecule is CC(CC(=O)O)CC(=O)NC(CO)C(C)C. The molecule has 0 aromatic heterocycles. The van der Waals surface area contributed by atoms with Gasteiger partial charge in [-0.1, -0.05) is 20.8 Å². The molecule has 0 saturated heterocycles. The number of aliphatic hydroxyl groups excluding tert-OH is 1. The lowest BCUT2D eigenvalue weighted by atomic mass is 10.0. The first-order chi connectivity index (χ1) is 7.36. The summed E-state index contributed by atoms with van der Waals surface area (Å²) in [4.78, 5) is 21.9. The van der Waals surface area contributed by atoms with E-state index in [1.165, 1.54) is 0 Å². The van der Waals surface area contributed by atoms with Gasteiger partial charge in [-0.15, -0.1) is 0 Å². The highest BCUT2D eigenvalue weighted by atomic mass is 16.4. The van der Waals surface area contributed by atoms with E-state index in [0.29, 0.717) is 0 Å². The second-order valence-corrected chi connectivity index (χ2v) is 4.51. The van der Waals surface area contributed by atoms with E-state index in [2.05, 4.69) is 5.32 Å². The van der Waals surface area contributed by atoms with Crippen molar-refractivity contribution in [2.75, 3.05) is 6.61 Å². The molecule has 5 nitrogen and oxygen atoms in total. The molecule has 0 heterocycles. The quantitative estimate of drug-likeness (QED) is 0.599. The van der Waals surface area contributed by atoms with Gasteiger partial charge >= 0.3 is 5.97 Å². The highest BCUT2D eigenvalue weighted by Gasteiger charge is 2.17. The van der Waals surface area contributed by atoms with Crippen molar-refractivity contribution in [3.05, 3.63) is 0 Å². The zero-order chi connectivity index (χ0) is 12.7. The number of carboxylic acid groups (broad SMARTS) is 1. The van der Waals surface area contributed by atoms with Gasteiger partial charge in [-0.2, -0.15) is 0 Å². The first-order valence-corrected chi connectivity index (χ1v) is 5.48. The Morgan fingerprint density at radius 3 is 2.12 bits per heavy atom. The number of aliphatic carboxylic acids is 1. The summed E-state index contributed by atoms with van der Waals surface area (Å²) in [5, 5.41) is 20.2. The van der Waals surface area contributed by atoms with E-state index in [-0.39, 0.29) is 43.2 Å². The molecule has 0 radical (unpaired) electrons. The summed E-state index contributed by atoms with van der Waals surface area (Å²) in [6.07, 6.45) is 0.161. The van der Waals surface area contributed by atoms with Gasteiger partial charge in [-0.25, -0.2) is 0 Å². The Kier molecular flexibility index (Phi) is 6.72. The molecular weight excluding hydrogens is 210 g/mol. The van der Waals surface area contributed by atoms with E-state index >= 15 is 0 Å². The van der Waals surface area contributed by atoms with Crippen LogP contribution >= 0.6 is 0 Å². The smallest absolute Gasteiger partial charge is 0.303 e. The van der Waals surface area contributed by atoms with Gasteiger partial charge in [0.05, 0.1) is 12.6 Å². The van der Waals surface area contributed by atoms with Crippen LogP contribution in [0.4, 0.5) is 0 Å². The lowest BCUT2D eigenvalue weighted by Crippen LogP contribution is -2.41. The zero-order valence-electron chi connectivity index (χ0n) is 10.1. The van der Waals surface area contributed by atoms with Crippen molar-refractivity contribution in [3.63, 3.8) is 0 Å². The second-order valence-electron chi connectivity index (χ2n) is 4.51. The van der Waals surface area contributed by atoms with Crippen LogP contribution in [-0.2, 0) is 9.59 Å². The van der Waals surface area contributed by atoms with E-state index in [0.717, 1.165) is 0 Å². The van der Waals surface area contributed by atoms with Crippen molar-refractivity contribution < 1.29 is 19.8 Å². The summed E-state index contributed by atoms with van der Waals surface area (Å²) in [6.45, 7) is 5.43. The van der Waals surface area contributed by atoms with Gasteiger partial charge in [0.25, 0.3) is 0 Å². The highest BCUT2D eigenvalue weighted by Crippen LogP contribution is 2.08. The van der Waals surface area contributed by atoms with Gasteiger partial charge in [-0.3, -0.25) is 9.59 Å². The minimum atomic E-state index is -0.900. The molecule has 0 fully saturated rings. The van der Waals surface area contributed by atoms with Gasteiger partial charge in [-0.05, 0) is 11.8 Å². The maximum atomic E-state index is 11.5. The van der Waals surface area contributed by atoms with Gasteiger partial charge in [0.2, 0.25) is 5.91 Å². The Balaban J connectivity index is 4.01. The number of hydrogen-bond acceptors (Lipinski definition) is 3. The van der Waals surface area contributed by atoms with E-state index < -0.39 is 5.97 Å². The van der Waals surface area contributed by atoms with Crippen molar-refractivity contribution in [2.45, 2.75) is 39.7 Å². The maximum Gasteiger partial charge on any atom is 0.303 e. The molecule has 5 heteroatoms. The molecule has 0 aromatic rings. The summed E-state index contributed by atoms with van der Waals surface area (Å²) in [7, 11) is 0. The molecule has 2 unspecified atom stereocenters. The Morgan fingerprint density at radius 1 is 1.19 bits per heavy atom. The first kappa shape index (κ1) is 14.9. The van der Waals surface area contributed by atoms with Gasteiger partial charge in [0, 0.05) is 12.8 Å². The summed E-state index contributed by atoms with van der Waals surface area (Å²) >= 11 is 0. The molecule has 0 bridgehead atoms. The molecule has 3 N–H and O–H groups in total. The number of carbonyl (C=O) groups is 2. The number of rotatable bonds is 7. The predicted octanol–water partition coefficient (Wildman–Crippen LogP) is 0.620. The van der Waals surface area contributed by atoms with Crippen LogP contribution in [0.15, 0.2) is 0 Å². The van der Waals surface area contributed by atoms with Crippen molar-refractivity contribution >= 4 is 11.9 Å². The summed E-state index contributed by atoms with van der Waals surface area (Å²) in [6, 6.07) is -0.260. The van der Waals surface area contributed by atoms with E-state index in [4.69, 9.17) is 10.2 Å². The Morgan fingerprint density at radius 2 is 1.75 bits per heavy atom. The molecule has 0 aliphatic carbocycles. The maximum absolute atomic E-state index is 11.5. The minimum Gasteiger partial charge on any atom is -0.481 e. The Bertz CT molecular complexity index is 240. The third kappa shape index (κ3) is 6.40. The molecule has 0 aromatic carbocycles. The van der Waals surface area contributed by atoms with Gasteiger partial charge < -0.3 is 15.5 Å². The van der Waals surface area contributed by atoms with Crippen molar-refractivity contribution in [3.8, 4) is 0 Å². The Labute approximate surface area is 95.9 Å². The molecule has 16 heavy (non-hydrogen) atoms. The normalized spacial score (nSPS) is 14.6. The fraction of sp³-hybridized carbons (Fsp3) is 0.818. The fourth-order valence-electron chi connectivity index (χ4n) is 1.38. The van der Waals surface area contributed by atoms with Gasteiger partial charge in [0.15, 0.2) is 0 Å². The number of amides is 1. The molecule has 0 rings (SSSR count). The predicted molar refractivity (Wildman–Crippen MR) is 59.9 cm³/mol. The standard InChI is InChI=1S/C11H21NO4/c1-7(2)9(6-13)12-10(14)4-8(3)5-11(15)16/h7-9,13H,4-6H2,1-3H3,(H,12,14)(H,15,16).